The summed E-state index contributed by atoms with van der Waals surface area (Å²) in [5, 5.41) is 11.5. The number of nitrogens with two attached hydrogens (primary N) is 1. The van der Waals surface area contributed by atoms with Gasteiger partial charge in [-0.15, -0.1) is 0 Å². The van der Waals surface area contributed by atoms with Crippen LogP contribution in [0.3, 0.4) is 0 Å². The van der Waals surface area contributed by atoms with E-state index in [-0.39, 0.29) is 24.2 Å². The number of rotatable bonds is 3. The monoisotopic (exact) mass is 276 g/mol. The first-order valence-corrected chi connectivity index (χ1v) is 6.61. The first kappa shape index (κ1) is 14.3. The van der Waals surface area contributed by atoms with Crippen molar-refractivity contribution in [3.8, 4) is 0 Å². The zero-order chi connectivity index (χ0) is 14.5. The molecular formula is C14H20N4O2. The SMILES string of the molecule is CN1CCN(C(=O)C/C(N)=N/O)C(c2ccccc2)C1. The summed E-state index contributed by atoms with van der Waals surface area (Å²) in [5.74, 6) is -0.164. The van der Waals surface area contributed by atoms with Crippen molar-refractivity contribution in [3.05, 3.63) is 35.9 Å². The maximum atomic E-state index is 12.3. The molecule has 1 amide bonds. The Kier molecular flexibility index (Phi) is 4.57. The van der Waals surface area contributed by atoms with E-state index < -0.39 is 0 Å². The number of likely N-dealkylation sites (N-methyl/N-ethyl adjacent to an activating group) is 1. The quantitative estimate of drug-likeness (QED) is 0.367. The van der Waals surface area contributed by atoms with E-state index in [1.807, 2.05) is 42.3 Å². The third kappa shape index (κ3) is 3.27. The molecule has 1 aliphatic heterocycles. The summed E-state index contributed by atoms with van der Waals surface area (Å²) >= 11 is 0. The van der Waals surface area contributed by atoms with Gasteiger partial charge in [0.2, 0.25) is 5.91 Å². The van der Waals surface area contributed by atoms with E-state index in [0.29, 0.717) is 6.54 Å². The lowest BCUT2D eigenvalue weighted by molar-refractivity contribution is -0.134. The van der Waals surface area contributed by atoms with Gasteiger partial charge in [-0.25, -0.2) is 0 Å². The second kappa shape index (κ2) is 6.38. The van der Waals surface area contributed by atoms with E-state index in [9.17, 15) is 4.79 Å². The Labute approximate surface area is 118 Å². The zero-order valence-electron chi connectivity index (χ0n) is 11.6. The van der Waals surface area contributed by atoms with Crippen molar-refractivity contribution < 1.29 is 10.0 Å². The van der Waals surface area contributed by atoms with Gasteiger partial charge >= 0.3 is 0 Å². The lowest BCUT2D eigenvalue weighted by Gasteiger charge is -2.40. The van der Waals surface area contributed by atoms with E-state index in [1.165, 1.54) is 0 Å². The average molecular weight is 276 g/mol. The molecule has 0 saturated carbocycles. The lowest BCUT2D eigenvalue weighted by Crippen LogP contribution is -2.49. The van der Waals surface area contributed by atoms with Crippen molar-refractivity contribution in [2.24, 2.45) is 10.9 Å². The van der Waals surface area contributed by atoms with Gasteiger partial charge in [-0.1, -0.05) is 35.5 Å². The normalized spacial score (nSPS) is 20.9. The summed E-state index contributed by atoms with van der Waals surface area (Å²) in [6.45, 7) is 2.25. The topological polar surface area (TPSA) is 82.2 Å². The molecular weight excluding hydrogens is 256 g/mol. The first-order chi connectivity index (χ1) is 9.61. The second-order valence-corrected chi connectivity index (χ2v) is 5.04. The molecule has 0 radical (unpaired) electrons. The van der Waals surface area contributed by atoms with Gasteiger partial charge in [0.1, 0.15) is 5.84 Å². The fourth-order valence-electron chi connectivity index (χ4n) is 2.47. The van der Waals surface area contributed by atoms with E-state index in [1.54, 1.807) is 0 Å². The zero-order valence-corrected chi connectivity index (χ0v) is 11.6. The third-order valence-electron chi connectivity index (χ3n) is 3.55. The van der Waals surface area contributed by atoms with Crippen LogP contribution < -0.4 is 5.73 Å². The molecule has 1 aliphatic rings. The molecule has 1 atom stereocenters. The molecule has 0 aliphatic carbocycles. The Hall–Kier alpha value is -2.08. The van der Waals surface area contributed by atoms with Crippen molar-refractivity contribution in [3.63, 3.8) is 0 Å². The highest BCUT2D eigenvalue weighted by atomic mass is 16.4. The van der Waals surface area contributed by atoms with Crippen LogP contribution >= 0.6 is 0 Å². The van der Waals surface area contributed by atoms with E-state index in [2.05, 4.69) is 10.1 Å². The minimum Gasteiger partial charge on any atom is -0.409 e. The Bertz CT molecular complexity index is 489. The van der Waals surface area contributed by atoms with Gasteiger partial charge in [0, 0.05) is 19.6 Å². The number of hydrogen-bond donors (Lipinski definition) is 2. The Morgan fingerprint density at radius 3 is 2.75 bits per heavy atom. The van der Waals surface area contributed by atoms with Crippen molar-refractivity contribution in [1.82, 2.24) is 9.80 Å². The average Bonchev–Trinajstić information content (AvgIpc) is 2.47. The Morgan fingerprint density at radius 1 is 1.40 bits per heavy atom. The van der Waals surface area contributed by atoms with Crippen molar-refractivity contribution in [2.45, 2.75) is 12.5 Å². The number of carbonyl (C=O) groups excluding carboxylic acids is 1. The highest BCUT2D eigenvalue weighted by molar-refractivity contribution is 5.98. The molecule has 108 valence electrons. The van der Waals surface area contributed by atoms with Crippen LogP contribution in [-0.4, -0.2) is 53.4 Å². The van der Waals surface area contributed by atoms with E-state index >= 15 is 0 Å². The minimum atomic E-state index is -0.109. The van der Waals surface area contributed by atoms with Gasteiger partial charge in [0.05, 0.1) is 12.5 Å². The Morgan fingerprint density at radius 2 is 2.10 bits per heavy atom. The van der Waals surface area contributed by atoms with Crippen LogP contribution in [0.2, 0.25) is 0 Å². The Balaban J connectivity index is 2.18. The minimum absolute atomic E-state index is 0.00828. The standard InChI is InChI=1S/C14H20N4O2/c1-17-7-8-18(14(19)9-13(15)16-20)12(10-17)11-5-3-2-4-6-11/h2-6,12,20H,7-10H2,1H3,(H2,15,16). The summed E-state index contributed by atoms with van der Waals surface area (Å²) in [6, 6.07) is 9.94. The van der Waals surface area contributed by atoms with Crippen molar-refractivity contribution in [1.29, 1.82) is 0 Å². The van der Waals surface area contributed by atoms with Crippen LogP contribution in [0, 0.1) is 0 Å². The van der Waals surface area contributed by atoms with Crippen LogP contribution in [0.5, 0.6) is 0 Å². The fourth-order valence-corrected chi connectivity index (χ4v) is 2.47. The molecule has 1 aromatic rings. The summed E-state index contributed by atoms with van der Waals surface area (Å²) in [4.78, 5) is 16.3. The number of benzene rings is 1. The molecule has 1 heterocycles. The summed E-state index contributed by atoms with van der Waals surface area (Å²) in [6.07, 6.45) is -0.0520. The fraction of sp³-hybridized carbons (Fsp3) is 0.429. The third-order valence-corrected chi connectivity index (χ3v) is 3.55. The summed E-state index contributed by atoms with van der Waals surface area (Å²) in [7, 11) is 2.04. The van der Waals surface area contributed by atoms with Gasteiger partial charge in [-0.05, 0) is 12.6 Å². The molecule has 1 fully saturated rings. The smallest absolute Gasteiger partial charge is 0.230 e. The van der Waals surface area contributed by atoms with Gasteiger partial charge in [-0.2, -0.15) is 0 Å². The van der Waals surface area contributed by atoms with E-state index in [0.717, 1.165) is 18.7 Å². The van der Waals surface area contributed by atoms with Gasteiger partial charge in [0.15, 0.2) is 0 Å². The highest BCUT2D eigenvalue weighted by Gasteiger charge is 2.30. The number of piperazine rings is 1. The molecule has 1 unspecified atom stereocenters. The second-order valence-electron chi connectivity index (χ2n) is 5.04. The molecule has 0 spiro atoms. The molecule has 1 saturated heterocycles. The molecule has 2 rings (SSSR count). The van der Waals surface area contributed by atoms with Gasteiger partial charge < -0.3 is 20.7 Å². The largest absolute Gasteiger partial charge is 0.409 e. The summed E-state index contributed by atoms with van der Waals surface area (Å²) < 4.78 is 0. The number of amidine groups is 1. The summed E-state index contributed by atoms with van der Waals surface area (Å²) in [5.41, 5.74) is 6.54. The molecule has 1 aromatic carbocycles. The lowest BCUT2D eigenvalue weighted by atomic mass is 10.0. The van der Waals surface area contributed by atoms with Crippen LogP contribution in [0.25, 0.3) is 0 Å². The maximum Gasteiger partial charge on any atom is 0.230 e. The van der Waals surface area contributed by atoms with Crippen LogP contribution in [0.15, 0.2) is 35.5 Å². The number of oxime groups is 1. The van der Waals surface area contributed by atoms with E-state index in [4.69, 9.17) is 10.9 Å². The molecule has 0 bridgehead atoms. The van der Waals surface area contributed by atoms with Gasteiger partial charge in [-0.3, -0.25) is 4.79 Å². The molecule has 6 nitrogen and oxygen atoms in total. The van der Waals surface area contributed by atoms with Gasteiger partial charge in [0.25, 0.3) is 0 Å². The number of amides is 1. The number of hydrogen-bond acceptors (Lipinski definition) is 4. The first-order valence-electron chi connectivity index (χ1n) is 6.61. The predicted molar refractivity (Wildman–Crippen MR) is 76.4 cm³/mol. The van der Waals surface area contributed by atoms with Crippen molar-refractivity contribution in [2.75, 3.05) is 26.7 Å². The molecule has 20 heavy (non-hydrogen) atoms. The molecule has 0 aromatic heterocycles. The van der Waals surface area contributed by atoms with Crippen LogP contribution in [0.4, 0.5) is 0 Å². The van der Waals surface area contributed by atoms with Crippen molar-refractivity contribution >= 4 is 11.7 Å². The highest BCUT2D eigenvalue weighted by Crippen LogP contribution is 2.25. The number of nitrogens with zero attached hydrogens (tertiary/aromatic N) is 3. The van der Waals surface area contributed by atoms with Crippen LogP contribution in [-0.2, 0) is 4.79 Å². The maximum absolute atomic E-state index is 12.3. The predicted octanol–water partition coefficient (Wildman–Crippen LogP) is 0.638. The molecule has 3 N–H and O–H groups in total. The molecule has 6 heteroatoms. The van der Waals surface area contributed by atoms with Crippen LogP contribution in [0.1, 0.15) is 18.0 Å². The number of carbonyl (C=O) groups is 1.